The zero-order valence-electron chi connectivity index (χ0n) is 9.10. The Morgan fingerprint density at radius 2 is 2.06 bits per heavy atom. The zero-order chi connectivity index (χ0) is 11.1. The molecule has 0 aliphatic rings. The Labute approximate surface area is 94.7 Å². The molecule has 2 aromatic rings. The third-order valence-electron chi connectivity index (χ3n) is 2.35. The quantitative estimate of drug-likeness (QED) is 0.749. The molecule has 0 atom stereocenters. The lowest BCUT2D eigenvalue weighted by atomic mass is 10.1. The molecule has 0 bridgehead atoms. The summed E-state index contributed by atoms with van der Waals surface area (Å²) in [5.74, 6) is 0.708. The second-order valence-corrected chi connectivity index (χ2v) is 3.61. The molecule has 0 aliphatic carbocycles. The number of nitrogens with zero attached hydrogens (tertiary/aromatic N) is 2. The van der Waals surface area contributed by atoms with Crippen molar-refractivity contribution in [1.29, 1.82) is 0 Å². The minimum Gasteiger partial charge on any atom is -0.343 e. The number of aryl methyl sites for hydroxylation is 1. The first-order chi connectivity index (χ1) is 7.95. The summed E-state index contributed by atoms with van der Waals surface area (Å²) in [5.41, 5.74) is 1.38. The maximum absolute atomic E-state index is 4.64. The predicted octanol–water partition coefficient (Wildman–Crippen LogP) is 1.79. The van der Waals surface area contributed by atoms with Gasteiger partial charge in [-0.3, -0.25) is 0 Å². The van der Waals surface area contributed by atoms with Gasteiger partial charge in [0.05, 0.1) is 6.54 Å². The summed E-state index contributed by atoms with van der Waals surface area (Å²) in [5, 5.41) is 7.00. The number of hydrogen-bond donors (Lipinski definition) is 1. The second kappa shape index (κ2) is 6.02. The molecule has 0 aliphatic heterocycles. The molecule has 1 N–H and O–H groups in total. The van der Waals surface area contributed by atoms with Crippen LogP contribution < -0.4 is 5.32 Å². The van der Waals surface area contributed by atoms with Crippen molar-refractivity contribution in [2.75, 3.05) is 6.54 Å². The fourth-order valence-electron chi connectivity index (χ4n) is 1.53. The maximum Gasteiger partial charge on any atom is 0.213 e. The minimum atomic E-state index is 0.672. The summed E-state index contributed by atoms with van der Waals surface area (Å²) in [6, 6.07) is 10.5. The maximum atomic E-state index is 4.64. The standard InChI is InChI=1S/C12H15N3O/c1-2-5-11(6-3-1)7-4-8-13-9-12-14-10-16-15-12/h1-3,5-6,10,13H,4,7-9H2. The monoisotopic (exact) mass is 217 g/mol. The Kier molecular flexibility index (Phi) is 4.08. The fraction of sp³-hybridized carbons (Fsp3) is 0.333. The van der Waals surface area contributed by atoms with Gasteiger partial charge in [0.2, 0.25) is 6.39 Å². The highest BCUT2D eigenvalue weighted by Gasteiger charge is 1.96. The van der Waals surface area contributed by atoms with Gasteiger partial charge in [0, 0.05) is 0 Å². The van der Waals surface area contributed by atoms with Crippen molar-refractivity contribution in [3.8, 4) is 0 Å². The third kappa shape index (κ3) is 3.47. The van der Waals surface area contributed by atoms with Gasteiger partial charge < -0.3 is 9.84 Å². The molecule has 0 amide bonds. The Morgan fingerprint density at radius 1 is 1.19 bits per heavy atom. The van der Waals surface area contributed by atoms with Crippen LogP contribution in [0.4, 0.5) is 0 Å². The normalized spacial score (nSPS) is 10.5. The van der Waals surface area contributed by atoms with Crippen LogP contribution in [0.5, 0.6) is 0 Å². The first kappa shape index (κ1) is 10.8. The summed E-state index contributed by atoms with van der Waals surface area (Å²) < 4.78 is 4.64. The molecule has 2 rings (SSSR count). The summed E-state index contributed by atoms with van der Waals surface area (Å²) in [6.07, 6.45) is 3.56. The van der Waals surface area contributed by atoms with Gasteiger partial charge in [0.25, 0.3) is 0 Å². The van der Waals surface area contributed by atoms with Crippen LogP contribution in [0.15, 0.2) is 41.2 Å². The number of rotatable bonds is 6. The van der Waals surface area contributed by atoms with Crippen LogP contribution in [0.3, 0.4) is 0 Å². The molecule has 4 heteroatoms. The lowest BCUT2D eigenvalue weighted by molar-refractivity contribution is 0.407. The second-order valence-electron chi connectivity index (χ2n) is 3.61. The molecule has 4 nitrogen and oxygen atoms in total. The fourth-order valence-corrected chi connectivity index (χ4v) is 1.53. The minimum absolute atomic E-state index is 0.672. The van der Waals surface area contributed by atoms with Gasteiger partial charge in [0.15, 0.2) is 5.82 Å². The van der Waals surface area contributed by atoms with Crippen molar-refractivity contribution in [3.05, 3.63) is 48.1 Å². The topological polar surface area (TPSA) is 51.0 Å². The Bertz CT molecular complexity index is 386. The van der Waals surface area contributed by atoms with E-state index >= 15 is 0 Å². The van der Waals surface area contributed by atoms with E-state index in [1.807, 2.05) is 6.07 Å². The van der Waals surface area contributed by atoms with E-state index in [4.69, 9.17) is 0 Å². The van der Waals surface area contributed by atoms with Crippen LogP contribution in [-0.4, -0.2) is 16.7 Å². The first-order valence-electron chi connectivity index (χ1n) is 5.45. The molecular formula is C12H15N3O. The van der Waals surface area contributed by atoms with Crippen LogP contribution >= 0.6 is 0 Å². The van der Waals surface area contributed by atoms with Crippen LogP contribution in [0, 0.1) is 0 Å². The van der Waals surface area contributed by atoms with Crippen molar-refractivity contribution in [2.45, 2.75) is 19.4 Å². The van der Waals surface area contributed by atoms with Crippen LogP contribution in [0.2, 0.25) is 0 Å². The zero-order valence-corrected chi connectivity index (χ0v) is 9.10. The summed E-state index contributed by atoms with van der Waals surface area (Å²) in [4.78, 5) is 3.93. The van der Waals surface area contributed by atoms with E-state index in [2.05, 4.69) is 44.2 Å². The summed E-state index contributed by atoms with van der Waals surface area (Å²) in [6.45, 7) is 1.63. The largest absolute Gasteiger partial charge is 0.343 e. The average Bonchev–Trinajstić information content (AvgIpc) is 2.83. The highest BCUT2D eigenvalue weighted by molar-refractivity contribution is 5.14. The van der Waals surface area contributed by atoms with E-state index in [0.717, 1.165) is 19.4 Å². The van der Waals surface area contributed by atoms with Crippen LogP contribution in [0.25, 0.3) is 0 Å². The van der Waals surface area contributed by atoms with E-state index in [1.165, 1.54) is 12.0 Å². The van der Waals surface area contributed by atoms with Gasteiger partial charge in [-0.15, -0.1) is 0 Å². The van der Waals surface area contributed by atoms with E-state index in [9.17, 15) is 0 Å². The van der Waals surface area contributed by atoms with Crippen molar-refractivity contribution >= 4 is 0 Å². The Hall–Kier alpha value is -1.68. The van der Waals surface area contributed by atoms with Crippen LogP contribution in [0.1, 0.15) is 17.8 Å². The molecular weight excluding hydrogens is 202 g/mol. The predicted molar refractivity (Wildman–Crippen MR) is 60.8 cm³/mol. The molecule has 0 spiro atoms. The number of benzene rings is 1. The molecule has 0 saturated heterocycles. The molecule has 1 aromatic carbocycles. The summed E-state index contributed by atoms with van der Waals surface area (Å²) >= 11 is 0. The van der Waals surface area contributed by atoms with Gasteiger partial charge in [-0.1, -0.05) is 35.5 Å². The van der Waals surface area contributed by atoms with Crippen molar-refractivity contribution in [3.63, 3.8) is 0 Å². The Balaban J connectivity index is 1.59. The smallest absolute Gasteiger partial charge is 0.213 e. The molecule has 84 valence electrons. The highest BCUT2D eigenvalue weighted by atomic mass is 16.5. The molecule has 0 unspecified atom stereocenters. The average molecular weight is 217 g/mol. The lowest BCUT2D eigenvalue weighted by Crippen LogP contribution is -2.16. The lowest BCUT2D eigenvalue weighted by Gasteiger charge is -2.02. The first-order valence-corrected chi connectivity index (χ1v) is 5.45. The van der Waals surface area contributed by atoms with Crippen LogP contribution in [-0.2, 0) is 13.0 Å². The molecule has 0 radical (unpaired) electrons. The van der Waals surface area contributed by atoms with Crippen molar-refractivity contribution in [1.82, 2.24) is 15.5 Å². The van der Waals surface area contributed by atoms with Gasteiger partial charge >= 0.3 is 0 Å². The van der Waals surface area contributed by atoms with E-state index in [-0.39, 0.29) is 0 Å². The number of nitrogens with one attached hydrogen (secondary N) is 1. The van der Waals surface area contributed by atoms with E-state index < -0.39 is 0 Å². The summed E-state index contributed by atoms with van der Waals surface area (Å²) in [7, 11) is 0. The molecule has 1 aromatic heterocycles. The number of hydrogen-bond acceptors (Lipinski definition) is 4. The van der Waals surface area contributed by atoms with Crippen molar-refractivity contribution < 1.29 is 4.52 Å². The van der Waals surface area contributed by atoms with Gasteiger partial charge in [-0.25, -0.2) is 0 Å². The van der Waals surface area contributed by atoms with E-state index in [1.54, 1.807) is 0 Å². The third-order valence-corrected chi connectivity index (χ3v) is 2.35. The van der Waals surface area contributed by atoms with Gasteiger partial charge in [-0.05, 0) is 24.9 Å². The SMILES string of the molecule is c1ccc(CCCNCc2ncon2)cc1. The van der Waals surface area contributed by atoms with E-state index in [0.29, 0.717) is 12.4 Å². The molecule has 0 fully saturated rings. The van der Waals surface area contributed by atoms with Crippen molar-refractivity contribution in [2.24, 2.45) is 0 Å². The highest BCUT2D eigenvalue weighted by Crippen LogP contribution is 2.01. The molecule has 0 saturated carbocycles. The number of aromatic nitrogens is 2. The van der Waals surface area contributed by atoms with Gasteiger partial charge in [0.1, 0.15) is 0 Å². The van der Waals surface area contributed by atoms with Gasteiger partial charge in [-0.2, -0.15) is 4.98 Å². The molecule has 16 heavy (non-hydrogen) atoms. The molecule has 1 heterocycles. The Morgan fingerprint density at radius 3 is 2.81 bits per heavy atom.